The number of hydrogen-bond donors (Lipinski definition) is 1. The average Bonchev–Trinajstić information content (AvgIpc) is 2.77. The number of amides is 1. The molecule has 4 nitrogen and oxygen atoms in total. The van der Waals surface area contributed by atoms with Crippen molar-refractivity contribution in [1.29, 1.82) is 0 Å². The van der Waals surface area contributed by atoms with Crippen LogP contribution in [0, 0.1) is 0 Å². The van der Waals surface area contributed by atoms with Gasteiger partial charge in [-0.1, -0.05) is 12.1 Å². The zero-order valence-corrected chi connectivity index (χ0v) is 12.0. The molecule has 1 aliphatic heterocycles. The van der Waals surface area contributed by atoms with Gasteiger partial charge < -0.3 is 5.32 Å². The highest BCUT2D eigenvalue weighted by Crippen LogP contribution is 2.39. The normalized spacial score (nSPS) is 23.3. The number of thioether (sulfide) groups is 1. The largest absolute Gasteiger partial charge is 0.334 e. The SMILES string of the molecule is CC1(C(=O)Nc2ccccc2S(=O)(=O)F)CCCS1. The van der Waals surface area contributed by atoms with Gasteiger partial charge in [-0.25, -0.2) is 0 Å². The lowest BCUT2D eigenvalue weighted by molar-refractivity contribution is -0.118. The van der Waals surface area contributed by atoms with Crippen LogP contribution in [0.3, 0.4) is 0 Å². The van der Waals surface area contributed by atoms with Gasteiger partial charge in [0.05, 0.1) is 10.4 Å². The molecule has 1 aromatic rings. The first kappa shape index (κ1) is 14.3. The molecule has 104 valence electrons. The van der Waals surface area contributed by atoms with Gasteiger partial charge in [0.25, 0.3) is 0 Å². The fourth-order valence-electron chi connectivity index (χ4n) is 2.00. The molecule has 2 rings (SSSR count). The van der Waals surface area contributed by atoms with Crippen molar-refractivity contribution >= 4 is 33.6 Å². The molecule has 1 amide bonds. The van der Waals surface area contributed by atoms with Crippen molar-refractivity contribution in [3.63, 3.8) is 0 Å². The van der Waals surface area contributed by atoms with Crippen molar-refractivity contribution in [2.45, 2.75) is 29.4 Å². The van der Waals surface area contributed by atoms with Crippen LogP contribution in [0.4, 0.5) is 9.57 Å². The Morgan fingerprint density at radius 1 is 1.42 bits per heavy atom. The molecule has 0 saturated carbocycles. The summed E-state index contributed by atoms with van der Waals surface area (Å²) in [6.45, 7) is 1.81. The number of anilines is 1. The van der Waals surface area contributed by atoms with Crippen molar-refractivity contribution in [3.8, 4) is 0 Å². The Bertz CT molecular complexity index is 595. The summed E-state index contributed by atoms with van der Waals surface area (Å²) in [6.07, 6.45) is 1.67. The number of para-hydroxylation sites is 1. The molecule has 0 bridgehead atoms. The predicted molar refractivity (Wildman–Crippen MR) is 73.5 cm³/mol. The smallest absolute Gasteiger partial charge is 0.324 e. The number of rotatable bonds is 3. The average molecular weight is 303 g/mol. The monoisotopic (exact) mass is 303 g/mol. The molecule has 19 heavy (non-hydrogen) atoms. The Kier molecular flexibility index (Phi) is 3.87. The van der Waals surface area contributed by atoms with Crippen LogP contribution in [0.1, 0.15) is 19.8 Å². The summed E-state index contributed by atoms with van der Waals surface area (Å²) in [6, 6.07) is 5.48. The zero-order valence-electron chi connectivity index (χ0n) is 10.3. The van der Waals surface area contributed by atoms with E-state index in [0.717, 1.165) is 24.7 Å². The predicted octanol–water partition coefficient (Wildman–Crippen LogP) is 2.57. The quantitative estimate of drug-likeness (QED) is 0.872. The summed E-state index contributed by atoms with van der Waals surface area (Å²) < 4.78 is 34.6. The third-order valence-electron chi connectivity index (χ3n) is 3.10. The van der Waals surface area contributed by atoms with Crippen LogP contribution in [-0.4, -0.2) is 24.8 Å². The lowest BCUT2D eigenvalue weighted by Gasteiger charge is -2.21. The van der Waals surface area contributed by atoms with Crippen LogP contribution in [0.2, 0.25) is 0 Å². The van der Waals surface area contributed by atoms with E-state index in [2.05, 4.69) is 5.32 Å². The topological polar surface area (TPSA) is 63.2 Å². The highest BCUT2D eigenvalue weighted by Gasteiger charge is 2.37. The minimum Gasteiger partial charge on any atom is -0.324 e. The second-order valence-corrected chi connectivity index (χ2v) is 7.48. The number of halogens is 1. The molecule has 1 fully saturated rings. The molecular formula is C12H14FNO3S2. The van der Waals surface area contributed by atoms with Gasteiger partial charge in [-0.15, -0.1) is 15.6 Å². The molecule has 1 saturated heterocycles. The Morgan fingerprint density at radius 2 is 2.11 bits per heavy atom. The maximum absolute atomic E-state index is 13.1. The molecular weight excluding hydrogens is 289 g/mol. The fourth-order valence-corrected chi connectivity index (χ4v) is 3.83. The first-order chi connectivity index (χ1) is 8.83. The van der Waals surface area contributed by atoms with Crippen LogP contribution >= 0.6 is 11.8 Å². The van der Waals surface area contributed by atoms with Crippen molar-refractivity contribution in [2.24, 2.45) is 0 Å². The van der Waals surface area contributed by atoms with E-state index in [1.54, 1.807) is 6.07 Å². The lowest BCUT2D eigenvalue weighted by atomic mass is 10.0. The summed E-state index contributed by atoms with van der Waals surface area (Å²) in [4.78, 5) is 11.7. The second kappa shape index (κ2) is 5.13. The summed E-state index contributed by atoms with van der Waals surface area (Å²) in [5.74, 6) is 0.610. The third-order valence-corrected chi connectivity index (χ3v) is 5.50. The Labute approximate surface area is 116 Å². The highest BCUT2D eigenvalue weighted by molar-refractivity contribution is 8.01. The zero-order chi connectivity index (χ0) is 14.1. The van der Waals surface area contributed by atoms with E-state index in [1.807, 2.05) is 6.92 Å². The molecule has 1 aliphatic rings. The lowest BCUT2D eigenvalue weighted by Crippen LogP contribution is -2.35. The fraction of sp³-hybridized carbons (Fsp3) is 0.417. The van der Waals surface area contributed by atoms with E-state index in [-0.39, 0.29) is 11.6 Å². The summed E-state index contributed by atoms with van der Waals surface area (Å²) in [5, 5.41) is 2.52. The van der Waals surface area contributed by atoms with Gasteiger partial charge in [-0.3, -0.25) is 4.79 Å². The number of nitrogens with one attached hydrogen (secondary N) is 1. The maximum atomic E-state index is 13.1. The molecule has 0 spiro atoms. The molecule has 0 aromatic heterocycles. The standard InChI is InChI=1S/C12H14FNO3S2/c1-12(7-4-8-18-12)11(15)14-9-5-2-3-6-10(9)19(13,16)17/h2-3,5-6H,4,7-8H2,1H3,(H,14,15). The van der Waals surface area contributed by atoms with Gasteiger partial charge in [0, 0.05) is 0 Å². The molecule has 7 heteroatoms. The molecule has 1 N–H and O–H groups in total. The van der Waals surface area contributed by atoms with E-state index >= 15 is 0 Å². The molecule has 1 heterocycles. The van der Waals surface area contributed by atoms with Crippen molar-refractivity contribution in [1.82, 2.24) is 0 Å². The molecule has 1 atom stereocenters. The molecule has 0 aliphatic carbocycles. The van der Waals surface area contributed by atoms with Crippen LogP contribution in [0.15, 0.2) is 29.2 Å². The van der Waals surface area contributed by atoms with E-state index in [0.29, 0.717) is 0 Å². The van der Waals surface area contributed by atoms with E-state index < -0.39 is 19.9 Å². The van der Waals surface area contributed by atoms with Gasteiger partial charge in [0.2, 0.25) is 5.91 Å². The van der Waals surface area contributed by atoms with Gasteiger partial charge in [0.15, 0.2) is 0 Å². The van der Waals surface area contributed by atoms with Crippen molar-refractivity contribution < 1.29 is 17.1 Å². The Morgan fingerprint density at radius 3 is 2.68 bits per heavy atom. The number of carbonyl (C=O) groups excluding carboxylic acids is 1. The number of benzene rings is 1. The van der Waals surface area contributed by atoms with Crippen LogP contribution in [0.25, 0.3) is 0 Å². The molecule has 0 radical (unpaired) electrons. The first-order valence-corrected chi connectivity index (χ1v) is 8.19. The maximum Gasteiger partial charge on any atom is 0.334 e. The Hall–Kier alpha value is -1.08. The number of hydrogen-bond acceptors (Lipinski definition) is 4. The second-order valence-electron chi connectivity index (χ2n) is 4.57. The van der Waals surface area contributed by atoms with Crippen LogP contribution < -0.4 is 5.32 Å². The van der Waals surface area contributed by atoms with E-state index in [4.69, 9.17) is 0 Å². The first-order valence-electron chi connectivity index (χ1n) is 5.82. The molecule has 1 unspecified atom stereocenters. The van der Waals surface area contributed by atoms with E-state index in [9.17, 15) is 17.1 Å². The highest BCUT2D eigenvalue weighted by atomic mass is 32.3. The van der Waals surface area contributed by atoms with Crippen LogP contribution in [0.5, 0.6) is 0 Å². The summed E-state index contributed by atoms with van der Waals surface area (Å²) in [7, 11) is -4.84. The van der Waals surface area contributed by atoms with Crippen molar-refractivity contribution in [3.05, 3.63) is 24.3 Å². The van der Waals surface area contributed by atoms with Crippen LogP contribution in [-0.2, 0) is 15.0 Å². The minimum atomic E-state index is -4.84. The van der Waals surface area contributed by atoms with Gasteiger partial charge in [0.1, 0.15) is 4.90 Å². The number of carbonyl (C=O) groups is 1. The van der Waals surface area contributed by atoms with Gasteiger partial charge >= 0.3 is 10.2 Å². The van der Waals surface area contributed by atoms with E-state index in [1.165, 1.54) is 23.9 Å². The summed E-state index contributed by atoms with van der Waals surface area (Å²) >= 11 is 1.53. The van der Waals surface area contributed by atoms with Gasteiger partial charge in [-0.05, 0) is 37.7 Å². The van der Waals surface area contributed by atoms with Gasteiger partial charge in [-0.2, -0.15) is 8.42 Å². The molecule has 1 aromatic carbocycles. The summed E-state index contributed by atoms with van der Waals surface area (Å²) in [5.41, 5.74) is -0.0104. The third kappa shape index (κ3) is 3.09. The van der Waals surface area contributed by atoms with Crippen molar-refractivity contribution in [2.75, 3.05) is 11.1 Å². The Balaban J connectivity index is 2.27. The minimum absolute atomic E-state index is 0.0104.